The monoisotopic (exact) mass is 458 g/mol. The molecule has 1 aliphatic carbocycles. The molecular weight excluding hydrogens is 420 g/mol. The van der Waals surface area contributed by atoms with Crippen molar-refractivity contribution in [3.8, 4) is 0 Å². The first-order chi connectivity index (χ1) is 13.4. The lowest BCUT2D eigenvalue weighted by atomic mass is 9.90. The van der Waals surface area contributed by atoms with E-state index in [2.05, 4.69) is 5.32 Å². The van der Waals surface area contributed by atoms with Crippen molar-refractivity contribution < 1.29 is 13.2 Å². The lowest BCUT2D eigenvalue weighted by Crippen LogP contribution is -2.44. The average Bonchev–Trinajstić information content (AvgIpc) is 3.11. The van der Waals surface area contributed by atoms with Crippen molar-refractivity contribution in [2.45, 2.75) is 90.5 Å². The van der Waals surface area contributed by atoms with E-state index in [-0.39, 0.29) is 37.6 Å². The summed E-state index contributed by atoms with van der Waals surface area (Å²) in [5, 5.41) is 3.50. The van der Waals surface area contributed by atoms with Crippen molar-refractivity contribution in [3.05, 3.63) is 28.8 Å². The Morgan fingerprint density at radius 3 is 2.37 bits per heavy atom. The SMILES string of the molecule is C.C.Cc1c(Cl)cccc1S(=O)(=O)N1CCCC1CNC(=O)C1CCCCCCC1. The molecule has 3 rings (SSSR count). The van der Waals surface area contributed by atoms with E-state index < -0.39 is 10.0 Å². The topological polar surface area (TPSA) is 66.5 Å². The average molecular weight is 459 g/mol. The molecule has 1 aliphatic heterocycles. The van der Waals surface area contributed by atoms with E-state index in [1.165, 1.54) is 19.3 Å². The second kappa shape index (κ2) is 12.1. The Balaban J connectivity index is 0.00000225. The van der Waals surface area contributed by atoms with Gasteiger partial charge in [-0.25, -0.2) is 8.42 Å². The largest absolute Gasteiger partial charge is 0.354 e. The first-order valence-electron chi connectivity index (χ1n) is 10.5. The number of hydrogen-bond donors (Lipinski definition) is 1. The van der Waals surface area contributed by atoms with Crippen molar-refractivity contribution in [3.63, 3.8) is 0 Å². The third-order valence-electron chi connectivity index (χ3n) is 6.12. The van der Waals surface area contributed by atoms with E-state index in [0.29, 0.717) is 23.7 Å². The molecule has 5 nitrogen and oxygen atoms in total. The molecule has 1 aromatic rings. The number of nitrogens with zero attached hydrogens (tertiary/aromatic N) is 1. The van der Waals surface area contributed by atoms with E-state index in [1.54, 1.807) is 29.4 Å². The molecule has 30 heavy (non-hydrogen) atoms. The van der Waals surface area contributed by atoms with Crippen LogP contribution in [-0.4, -0.2) is 37.8 Å². The highest BCUT2D eigenvalue weighted by Crippen LogP contribution is 2.30. The molecule has 7 heteroatoms. The van der Waals surface area contributed by atoms with Crippen molar-refractivity contribution in [2.24, 2.45) is 5.92 Å². The van der Waals surface area contributed by atoms with Gasteiger partial charge in [-0.05, 0) is 50.3 Å². The number of halogens is 1. The third-order valence-corrected chi connectivity index (χ3v) is 8.62. The van der Waals surface area contributed by atoms with E-state index in [1.807, 2.05) is 0 Å². The second-order valence-corrected chi connectivity index (χ2v) is 10.3. The van der Waals surface area contributed by atoms with Gasteiger partial charge in [-0.15, -0.1) is 0 Å². The van der Waals surface area contributed by atoms with Crippen molar-refractivity contribution in [1.82, 2.24) is 9.62 Å². The van der Waals surface area contributed by atoms with Crippen LogP contribution in [0.25, 0.3) is 0 Å². The normalized spacial score (nSPS) is 21.1. The number of sulfonamides is 1. The van der Waals surface area contributed by atoms with Gasteiger partial charge in [-0.1, -0.05) is 64.6 Å². The predicted molar refractivity (Wildman–Crippen MR) is 125 cm³/mol. The Morgan fingerprint density at radius 2 is 1.70 bits per heavy atom. The fourth-order valence-electron chi connectivity index (χ4n) is 4.40. The Labute approximate surface area is 188 Å². The smallest absolute Gasteiger partial charge is 0.243 e. The molecule has 1 aromatic carbocycles. The van der Waals surface area contributed by atoms with Gasteiger partial charge in [0.25, 0.3) is 0 Å². The van der Waals surface area contributed by atoms with Gasteiger partial charge < -0.3 is 5.32 Å². The minimum Gasteiger partial charge on any atom is -0.354 e. The molecular formula is C23H39ClN2O3S. The Bertz CT molecular complexity index is 790. The van der Waals surface area contributed by atoms with Crippen LogP contribution in [-0.2, 0) is 14.8 Å². The molecule has 1 saturated carbocycles. The first kappa shape index (κ1) is 26.9. The lowest BCUT2D eigenvalue weighted by molar-refractivity contribution is -0.125. The Morgan fingerprint density at radius 1 is 1.07 bits per heavy atom. The minimum absolute atomic E-state index is 0. The summed E-state index contributed by atoms with van der Waals surface area (Å²) in [5.74, 6) is 0.159. The Hall–Kier alpha value is -1.11. The van der Waals surface area contributed by atoms with Crippen LogP contribution in [0, 0.1) is 12.8 Å². The molecule has 0 bridgehead atoms. The van der Waals surface area contributed by atoms with Crippen LogP contribution >= 0.6 is 11.6 Å². The number of carbonyl (C=O) groups excluding carboxylic acids is 1. The van der Waals surface area contributed by atoms with E-state index in [0.717, 1.165) is 38.5 Å². The number of carbonyl (C=O) groups is 1. The summed E-state index contributed by atoms with van der Waals surface area (Å²) in [6.45, 7) is 2.60. The highest BCUT2D eigenvalue weighted by atomic mass is 35.5. The molecule has 1 amide bonds. The zero-order valence-corrected chi connectivity index (χ0v) is 18.2. The summed E-state index contributed by atoms with van der Waals surface area (Å²) in [5.41, 5.74) is 0.577. The minimum atomic E-state index is -3.63. The maximum atomic E-state index is 13.2. The molecule has 172 valence electrons. The quantitative estimate of drug-likeness (QED) is 0.628. The summed E-state index contributed by atoms with van der Waals surface area (Å²) in [7, 11) is -3.63. The third kappa shape index (κ3) is 6.21. The van der Waals surface area contributed by atoms with Crippen LogP contribution in [0.3, 0.4) is 0 Å². The van der Waals surface area contributed by atoms with Gasteiger partial charge in [0.15, 0.2) is 0 Å². The van der Waals surface area contributed by atoms with Crippen LogP contribution in [0.4, 0.5) is 0 Å². The van der Waals surface area contributed by atoms with Crippen LogP contribution in [0.15, 0.2) is 23.1 Å². The molecule has 2 aliphatic rings. The molecule has 1 heterocycles. The molecule has 1 unspecified atom stereocenters. The van der Waals surface area contributed by atoms with Gasteiger partial charge in [-0.3, -0.25) is 4.79 Å². The van der Waals surface area contributed by atoms with Gasteiger partial charge in [0.2, 0.25) is 15.9 Å². The van der Waals surface area contributed by atoms with Crippen LogP contribution in [0.5, 0.6) is 0 Å². The summed E-state index contributed by atoms with van der Waals surface area (Å²) in [6.07, 6.45) is 9.36. The highest BCUT2D eigenvalue weighted by Gasteiger charge is 2.36. The molecule has 0 aromatic heterocycles. The zero-order valence-electron chi connectivity index (χ0n) is 16.6. The summed E-state index contributed by atoms with van der Waals surface area (Å²) in [4.78, 5) is 12.9. The van der Waals surface area contributed by atoms with E-state index >= 15 is 0 Å². The van der Waals surface area contributed by atoms with Crippen molar-refractivity contribution >= 4 is 27.5 Å². The Kier molecular flexibility index (Phi) is 10.8. The fraction of sp³-hybridized carbons (Fsp3) is 0.696. The van der Waals surface area contributed by atoms with Gasteiger partial charge in [-0.2, -0.15) is 4.31 Å². The van der Waals surface area contributed by atoms with E-state index in [9.17, 15) is 13.2 Å². The molecule has 0 spiro atoms. The predicted octanol–water partition coefficient (Wildman–Crippen LogP) is 5.55. The molecule has 1 N–H and O–H groups in total. The molecule has 0 radical (unpaired) electrons. The number of benzene rings is 1. The first-order valence-corrected chi connectivity index (χ1v) is 12.3. The summed E-state index contributed by atoms with van der Waals surface area (Å²) < 4.78 is 28.0. The molecule has 1 atom stereocenters. The van der Waals surface area contributed by atoms with Crippen LogP contribution in [0.1, 0.15) is 78.2 Å². The number of amides is 1. The highest BCUT2D eigenvalue weighted by molar-refractivity contribution is 7.89. The fourth-order valence-corrected chi connectivity index (χ4v) is 6.58. The van der Waals surface area contributed by atoms with E-state index in [4.69, 9.17) is 11.6 Å². The zero-order chi connectivity index (χ0) is 20.1. The summed E-state index contributed by atoms with van der Waals surface area (Å²) >= 11 is 6.14. The lowest BCUT2D eigenvalue weighted by Gasteiger charge is -2.26. The maximum absolute atomic E-state index is 13.2. The van der Waals surface area contributed by atoms with Crippen molar-refractivity contribution in [1.29, 1.82) is 0 Å². The van der Waals surface area contributed by atoms with Crippen molar-refractivity contribution in [2.75, 3.05) is 13.1 Å². The van der Waals surface area contributed by atoms with Gasteiger partial charge in [0, 0.05) is 30.1 Å². The molecule has 2 fully saturated rings. The second-order valence-electron chi connectivity index (χ2n) is 8.06. The van der Waals surface area contributed by atoms with Crippen LogP contribution < -0.4 is 5.32 Å². The summed E-state index contributed by atoms with van der Waals surface area (Å²) in [6, 6.07) is 4.79. The maximum Gasteiger partial charge on any atom is 0.243 e. The van der Waals surface area contributed by atoms with Crippen LogP contribution in [0.2, 0.25) is 5.02 Å². The van der Waals surface area contributed by atoms with Gasteiger partial charge in [0.1, 0.15) is 0 Å². The standard InChI is InChI=1S/C21H31ClN2O3S.2CH4/c1-16-19(22)12-7-13-20(16)28(26,27)24-14-8-11-18(24)15-23-21(25)17-9-5-3-2-4-6-10-17;;/h7,12-13,17-18H,2-6,8-11,14-15H2,1H3,(H,23,25);2*1H4. The number of rotatable bonds is 5. The molecule has 1 saturated heterocycles. The number of hydrogen-bond acceptors (Lipinski definition) is 3. The van der Waals surface area contributed by atoms with Gasteiger partial charge in [0.05, 0.1) is 4.90 Å². The van der Waals surface area contributed by atoms with Gasteiger partial charge >= 0.3 is 0 Å². The number of nitrogens with one attached hydrogen (secondary N) is 1.